The molecule has 1 unspecified atom stereocenters. The molecule has 0 fully saturated rings. The van der Waals surface area contributed by atoms with Crippen LogP contribution in [0, 0.1) is 0 Å². The molecule has 3 aromatic rings. The Balaban J connectivity index is 1.94. The summed E-state index contributed by atoms with van der Waals surface area (Å²) < 4.78 is 6.94. The Morgan fingerprint density at radius 2 is 1.50 bits per heavy atom. The maximum Gasteiger partial charge on any atom is 0.255 e. The first kappa shape index (κ1) is 15.2. The van der Waals surface area contributed by atoms with E-state index >= 15 is 0 Å². The minimum Gasteiger partial charge on any atom is -0.454 e. The lowest BCUT2D eigenvalue weighted by atomic mass is 9.90. The van der Waals surface area contributed by atoms with Crippen LogP contribution in [0.2, 0.25) is 0 Å². The van der Waals surface area contributed by atoms with Crippen molar-refractivity contribution < 1.29 is 9.84 Å². The molecule has 3 heteroatoms. The van der Waals surface area contributed by atoms with Crippen LogP contribution in [-0.2, 0) is 5.79 Å². The van der Waals surface area contributed by atoms with Crippen LogP contribution in [0.25, 0.3) is 5.57 Å². The number of ether oxygens (including phenoxy) is 1. The van der Waals surface area contributed by atoms with Crippen molar-refractivity contribution in [2.24, 2.45) is 0 Å². The van der Waals surface area contributed by atoms with Gasteiger partial charge in [0.25, 0.3) is 5.79 Å². The SMILES string of the molecule is OC1(c2ccccc2)C=C(c2ccccc2)c2cc(Br)ccc2O1. The van der Waals surface area contributed by atoms with Gasteiger partial charge in [0.1, 0.15) is 5.75 Å². The maximum atomic E-state index is 11.2. The predicted octanol–water partition coefficient (Wildman–Crippen LogP) is 5.12. The number of benzene rings is 3. The second-order valence-corrected chi connectivity index (χ2v) is 6.64. The van der Waals surface area contributed by atoms with E-state index in [1.54, 1.807) is 6.08 Å². The summed E-state index contributed by atoms with van der Waals surface area (Å²) in [6, 6.07) is 25.3. The molecule has 0 bridgehead atoms. The Kier molecular flexibility index (Phi) is 3.75. The summed E-state index contributed by atoms with van der Waals surface area (Å²) in [5.74, 6) is -0.835. The number of hydrogen-bond donors (Lipinski definition) is 1. The molecule has 0 aromatic heterocycles. The molecule has 3 aromatic carbocycles. The highest BCUT2D eigenvalue weighted by Gasteiger charge is 2.35. The van der Waals surface area contributed by atoms with E-state index < -0.39 is 5.79 Å². The third kappa shape index (κ3) is 2.66. The molecule has 0 aliphatic carbocycles. The lowest BCUT2D eigenvalue weighted by molar-refractivity contribution is -0.103. The van der Waals surface area contributed by atoms with Crippen LogP contribution < -0.4 is 4.74 Å². The molecule has 1 atom stereocenters. The van der Waals surface area contributed by atoms with Gasteiger partial charge in [-0.15, -0.1) is 0 Å². The van der Waals surface area contributed by atoms with Gasteiger partial charge in [-0.3, -0.25) is 0 Å². The molecule has 0 saturated carbocycles. The number of rotatable bonds is 2. The third-order valence-corrected chi connectivity index (χ3v) is 4.60. The Labute approximate surface area is 149 Å². The highest BCUT2D eigenvalue weighted by molar-refractivity contribution is 9.10. The van der Waals surface area contributed by atoms with Crippen molar-refractivity contribution >= 4 is 21.5 Å². The van der Waals surface area contributed by atoms with Crippen molar-refractivity contribution in [2.75, 3.05) is 0 Å². The highest BCUT2D eigenvalue weighted by Crippen LogP contribution is 2.43. The van der Waals surface area contributed by atoms with Gasteiger partial charge in [-0.1, -0.05) is 76.6 Å². The van der Waals surface area contributed by atoms with Crippen LogP contribution in [0.15, 0.2) is 89.4 Å². The molecule has 2 nitrogen and oxygen atoms in total. The summed E-state index contributed by atoms with van der Waals surface area (Å²) in [5, 5.41) is 11.2. The molecule has 1 aliphatic heterocycles. The number of halogens is 1. The molecule has 0 radical (unpaired) electrons. The first-order chi connectivity index (χ1) is 11.7. The molecule has 0 saturated heterocycles. The fourth-order valence-electron chi connectivity index (χ4n) is 2.95. The number of fused-ring (bicyclic) bond motifs is 1. The van der Waals surface area contributed by atoms with Crippen LogP contribution in [0.3, 0.4) is 0 Å². The van der Waals surface area contributed by atoms with E-state index in [9.17, 15) is 5.11 Å². The minimum atomic E-state index is -1.49. The third-order valence-electron chi connectivity index (χ3n) is 4.11. The summed E-state index contributed by atoms with van der Waals surface area (Å²) in [6.07, 6.45) is 1.78. The van der Waals surface area contributed by atoms with Gasteiger partial charge in [-0.2, -0.15) is 0 Å². The van der Waals surface area contributed by atoms with Crippen molar-refractivity contribution in [1.29, 1.82) is 0 Å². The van der Waals surface area contributed by atoms with E-state index in [2.05, 4.69) is 15.9 Å². The summed E-state index contributed by atoms with van der Waals surface area (Å²) in [5.41, 5.74) is 3.64. The molecule has 1 aliphatic rings. The van der Waals surface area contributed by atoms with Gasteiger partial charge < -0.3 is 9.84 Å². The van der Waals surface area contributed by atoms with E-state index in [0.29, 0.717) is 11.3 Å². The van der Waals surface area contributed by atoms with Gasteiger partial charge in [0.15, 0.2) is 0 Å². The zero-order valence-corrected chi connectivity index (χ0v) is 14.4. The summed E-state index contributed by atoms with van der Waals surface area (Å²) >= 11 is 3.52. The molecule has 0 amide bonds. The standard InChI is InChI=1S/C21H15BrO2/c22-17-11-12-20-18(13-17)19(15-7-3-1-4-8-15)14-21(23,24-20)16-9-5-2-6-10-16/h1-14,23H. The van der Waals surface area contributed by atoms with E-state index in [1.165, 1.54) is 0 Å². The maximum absolute atomic E-state index is 11.2. The number of aliphatic hydroxyl groups is 1. The Morgan fingerprint density at radius 3 is 2.21 bits per heavy atom. The molecular weight excluding hydrogens is 364 g/mol. The van der Waals surface area contributed by atoms with E-state index in [-0.39, 0.29) is 0 Å². The van der Waals surface area contributed by atoms with E-state index in [4.69, 9.17) is 4.74 Å². The average Bonchev–Trinajstić information content (AvgIpc) is 2.63. The largest absolute Gasteiger partial charge is 0.454 e. The minimum absolute atomic E-state index is 0.658. The van der Waals surface area contributed by atoms with Crippen LogP contribution in [0.1, 0.15) is 16.7 Å². The van der Waals surface area contributed by atoms with Crippen molar-refractivity contribution in [3.8, 4) is 5.75 Å². The zero-order chi connectivity index (χ0) is 16.6. The number of hydrogen-bond acceptors (Lipinski definition) is 2. The topological polar surface area (TPSA) is 29.5 Å². The summed E-state index contributed by atoms with van der Waals surface area (Å²) in [4.78, 5) is 0. The van der Waals surface area contributed by atoms with Gasteiger partial charge in [-0.25, -0.2) is 0 Å². The summed E-state index contributed by atoms with van der Waals surface area (Å²) in [6.45, 7) is 0. The first-order valence-corrected chi connectivity index (χ1v) is 8.50. The average molecular weight is 379 g/mol. The van der Waals surface area contributed by atoms with Crippen molar-refractivity contribution in [3.05, 3.63) is 106 Å². The van der Waals surface area contributed by atoms with Crippen LogP contribution in [0.4, 0.5) is 0 Å². The molecule has 4 rings (SSSR count). The van der Waals surface area contributed by atoms with Gasteiger partial charge in [-0.05, 0) is 29.3 Å². The second kappa shape index (κ2) is 5.93. The van der Waals surface area contributed by atoms with Gasteiger partial charge in [0, 0.05) is 21.7 Å². The lowest BCUT2D eigenvalue weighted by Crippen LogP contribution is -2.33. The fraction of sp³-hybridized carbons (Fsp3) is 0.0476. The first-order valence-electron chi connectivity index (χ1n) is 7.71. The van der Waals surface area contributed by atoms with Crippen molar-refractivity contribution in [2.45, 2.75) is 5.79 Å². The molecule has 118 valence electrons. The molecule has 1 heterocycles. The van der Waals surface area contributed by atoms with Crippen LogP contribution in [-0.4, -0.2) is 5.11 Å². The monoisotopic (exact) mass is 378 g/mol. The molecule has 0 spiro atoms. The van der Waals surface area contributed by atoms with E-state index in [1.807, 2.05) is 78.9 Å². The van der Waals surface area contributed by atoms with Crippen molar-refractivity contribution in [1.82, 2.24) is 0 Å². The van der Waals surface area contributed by atoms with Gasteiger partial charge in [0.2, 0.25) is 0 Å². The van der Waals surface area contributed by atoms with Gasteiger partial charge >= 0.3 is 0 Å². The Morgan fingerprint density at radius 1 is 0.833 bits per heavy atom. The predicted molar refractivity (Wildman–Crippen MR) is 98.6 cm³/mol. The second-order valence-electron chi connectivity index (χ2n) is 5.73. The fourth-order valence-corrected chi connectivity index (χ4v) is 3.31. The van der Waals surface area contributed by atoms with E-state index in [0.717, 1.165) is 21.2 Å². The molecule has 1 N–H and O–H groups in total. The Bertz CT molecular complexity index is 904. The lowest BCUT2D eigenvalue weighted by Gasteiger charge is -2.33. The molecule has 24 heavy (non-hydrogen) atoms. The molecular formula is C21H15BrO2. The Hall–Kier alpha value is -2.36. The van der Waals surface area contributed by atoms with Gasteiger partial charge in [0.05, 0.1) is 0 Å². The van der Waals surface area contributed by atoms with Crippen LogP contribution in [0.5, 0.6) is 5.75 Å². The zero-order valence-electron chi connectivity index (χ0n) is 12.8. The van der Waals surface area contributed by atoms with Crippen LogP contribution >= 0.6 is 15.9 Å². The quantitative estimate of drug-likeness (QED) is 0.670. The van der Waals surface area contributed by atoms with Crippen molar-refractivity contribution in [3.63, 3.8) is 0 Å². The highest BCUT2D eigenvalue weighted by atomic mass is 79.9. The summed E-state index contributed by atoms with van der Waals surface area (Å²) in [7, 11) is 0. The normalized spacial score (nSPS) is 19.2. The smallest absolute Gasteiger partial charge is 0.255 e.